The van der Waals surface area contributed by atoms with Gasteiger partial charge in [-0.3, -0.25) is 4.98 Å². The smallest absolute Gasteiger partial charge is 0.243 e. The van der Waals surface area contributed by atoms with Gasteiger partial charge in [0, 0.05) is 24.2 Å². The maximum Gasteiger partial charge on any atom is 0.243 e. The summed E-state index contributed by atoms with van der Waals surface area (Å²) in [6.07, 6.45) is 3.47. The van der Waals surface area contributed by atoms with Crippen molar-refractivity contribution >= 4 is 20.9 Å². The fourth-order valence-corrected chi connectivity index (χ4v) is 3.98. The van der Waals surface area contributed by atoms with Crippen molar-refractivity contribution in [2.75, 3.05) is 13.1 Å². The molecule has 0 radical (unpaired) electrons. The lowest BCUT2D eigenvalue weighted by molar-refractivity contribution is 0.429. The summed E-state index contributed by atoms with van der Waals surface area (Å²) in [6.45, 7) is 1.63. The molecule has 2 aromatic rings. The maximum absolute atomic E-state index is 12.5. The third-order valence-corrected chi connectivity index (χ3v) is 5.06. The van der Waals surface area contributed by atoms with Gasteiger partial charge in [-0.25, -0.2) is 13.1 Å². The standard InChI is InChI=1S/C14H17N3O2S/c18-20(19,17-12-6-3-8-15-10-12)13-7-1-4-11-5-2-9-16-14(11)13/h1-2,4-5,7,9,12,15,17H,3,6,8,10H2. The van der Waals surface area contributed by atoms with Gasteiger partial charge in [-0.15, -0.1) is 0 Å². The predicted molar refractivity (Wildman–Crippen MR) is 78.0 cm³/mol. The Labute approximate surface area is 118 Å². The zero-order valence-corrected chi connectivity index (χ0v) is 11.9. The molecule has 1 atom stereocenters. The van der Waals surface area contributed by atoms with Crippen LogP contribution in [-0.2, 0) is 10.0 Å². The fourth-order valence-electron chi connectivity index (χ4n) is 2.53. The minimum atomic E-state index is -3.54. The molecule has 2 N–H and O–H groups in total. The number of piperidine rings is 1. The van der Waals surface area contributed by atoms with Gasteiger partial charge in [0.1, 0.15) is 4.90 Å². The number of hydrogen-bond donors (Lipinski definition) is 2. The van der Waals surface area contributed by atoms with Crippen LogP contribution < -0.4 is 10.0 Å². The van der Waals surface area contributed by atoms with Gasteiger partial charge in [-0.05, 0) is 31.5 Å². The molecule has 0 aliphatic carbocycles. The van der Waals surface area contributed by atoms with Crippen LogP contribution in [0.4, 0.5) is 0 Å². The average Bonchev–Trinajstić information content (AvgIpc) is 2.47. The second kappa shape index (κ2) is 5.47. The van der Waals surface area contributed by atoms with Crippen LogP contribution in [-0.4, -0.2) is 32.5 Å². The highest BCUT2D eigenvalue weighted by atomic mass is 32.2. The van der Waals surface area contributed by atoms with Gasteiger partial charge < -0.3 is 5.32 Å². The van der Waals surface area contributed by atoms with Gasteiger partial charge >= 0.3 is 0 Å². The molecule has 20 heavy (non-hydrogen) atoms. The monoisotopic (exact) mass is 291 g/mol. The highest BCUT2D eigenvalue weighted by Gasteiger charge is 2.23. The van der Waals surface area contributed by atoms with Gasteiger partial charge in [0.2, 0.25) is 10.0 Å². The van der Waals surface area contributed by atoms with Crippen molar-refractivity contribution in [1.29, 1.82) is 0 Å². The zero-order chi connectivity index (χ0) is 14.0. The van der Waals surface area contributed by atoms with Gasteiger partial charge in [0.25, 0.3) is 0 Å². The van der Waals surface area contributed by atoms with E-state index in [1.165, 1.54) is 0 Å². The molecule has 1 unspecified atom stereocenters. The number of hydrogen-bond acceptors (Lipinski definition) is 4. The molecule has 1 aromatic carbocycles. The Hall–Kier alpha value is -1.50. The molecule has 1 aliphatic rings. The number of sulfonamides is 1. The van der Waals surface area contributed by atoms with Crippen molar-refractivity contribution in [3.8, 4) is 0 Å². The van der Waals surface area contributed by atoms with Crippen molar-refractivity contribution in [3.05, 3.63) is 36.5 Å². The Morgan fingerprint density at radius 1 is 1.25 bits per heavy atom. The molecular formula is C14H17N3O2S. The van der Waals surface area contributed by atoms with Crippen LogP contribution in [0.1, 0.15) is 12.8 Å². The SMILES string of the molecule is O=S(=O)(NC1CCCNC1)c1cccc2cccnc12. The molecule has 106 valence electrons. The van der Waals surface area contributed by atoms with Crippen LogP contribution >= 0.6 is 0 Å². The van der Waals surface area contributed by atoms with Crippen molar-refractivity contribution in [2.24, 2.45) is 0 Å². The minimum absolute atomic E-state index is 0.0484. The van der Waals surface area contributed by atoms with E-state index in [4.69, 9.17) is 0 Å². The predicted octanol–water partition coefficient (Wildman–Crippen LogP) is 1.27. The van der Waals surface area contributed by atoms with Crippen molar-refractivity contribution in [1.82, 2.24) is 15.0 Å². The maximum atomic E-state index is 12.5. The van der Waals surface area contributed by atoms with E-state index >= 15 is 0 Å². The first-order valence-electron chi connectivity index (χ1n) is 6.74. The quantitative estimate of drug-likeness (QED) is 0.893. The third-order valence-electron chi connectivity index (χ3n) is 3.50. The molecule has 3 rings (SSSR count). The minimum Gasteiger partial charge on any atom is -0.315 e. The van der Waals surface area contributed by atoms with Crippen LogP contribution in [0.25, 0.3) is 10.9 Å². The molecule has 0 spiro atoms. The summed E-state index contributed by atoms with van der Waals surface area (Å²) in [5.41, 5.74) is 0.520. The molecule has 2 heterocycles. The van der Waals surface area contributed by atoms with Gasteiger partial charge in [-0.2, -0.15) is 0 Å². The van der Waals surface area contributed by atoms with E-state index in [1.54, 1.807) is 24.4 Å². The van der Waals surface area contributed by atoms with E-state index in [2.05, 4.69) is 15.0 Å². The second-order valence-corrected chi connectivity index (χ2v) is 6.68. The highest BCUT2D eigenvalue weighted by Crippen LogP contribution is 2.21. The second-order valence-electron chi connectivity index (χ2n) is 5.00. The Morgan fingerprint density at radius 2 is 2.10 bits per heavy atom. The summed E-state index contributed by atoms with van der Waals surface area (Å²) in [4.78, 5) is 4.46. The van der Waals surface area contributed by atoms with Crippen LogP contribution in [0.2, 0.25) is 0 Å². The molecule has 6 heteroatoms. The fraction of sp³-hybridized carbons (Fsp3) is 0.357. The van der Waals surface area contributed by atoms with Crippen molar-refractivity contribution in [2.45, 2.75) is 23.8 Å². The topological polar surface area (TPSA) is 71.1 Å². The molecule has 0 bridgehead atoms. The van der Waals surface area contributed by atoms with Crippen LogP contribution in [0.3, 0.4) is 0 Å². The van der Waals surface area contributed by atoms with Crippen LogP contribution in [0.15, 0.2) is 41.4 Å². The Bertz CT molecular complexity index is 704. The van der Waals surface area contributed by atoms with Gasteiger partial charge in [0.05, 0.1) is 5.52 Å². The summed E-state index contributed by atoms with van der Waals surface area (Å²) < 4.78 is 27.8. The van der Waals surface area contributed by atoms with E-state index in [9.17, 15) is 8.42 Å². The van der Waals surface area contributed by atoms with E-state index in [1.807, 2.05) is 12.1 Å². The summed E-state index contributed by atoms with van der Waals surface area (Å²) in [5, 5.41) is 4.03. The largest absolute Gasteiger partial charge is 0.315 e. The molecule has 1 fully saturated rings. The molecule has 1 saturated heterocycles. The number of aromatic nitrogens is 1. The molecular weight excluding hydrogens is 274 g/mol. The summed E-state index contributed by atoms with van der Waals surface area (Å²) in [5.74, 6) is 0. The van der Waals surface area contributed by atoms with E-state index in [0.717, 1.165) is 24.8 Å². The van der Waals surface area contributed by atoms with Gasteiger partial charge in [0.15, 0.2) is 0 Å². The summed E-state index contributed by atoms with van der Waals surface area (Å²) in [6, 6.07) is 8.84. The molecule has 1 aliphatic heterocycles. The molecule has 0 saturated carbocycles. The first-order chi connectivity index (χ1) is 9.67. The number of para-hydroxylation sites is 1. The number of fused-ring (bicyclic) bond motifs is 1. The molecule has 5 nitrogen and oxygen atoms in total. The van der Waals surface area contributed by atoms with Gasteiger partial charge in [-0.1, -0.05) is 18.2 Å². The zero-order valence-electron chi connectivity index (χ0n) is 11.0. The van der Waals surface area contributed by atoms with Crippen LogP contribution in [0.5, 0.6) is 0 Å². The van der Waals surface area contributed by atoms with E-state index in [-0.39, 0.29) is 10.9 Å². The normalized spacial score (nSPS) is 20.1. The number of benzene rings is 1. The Kier molecular flexibility index (Phi) is 3.69. The summed E-state index contributed by atoms with van der Waals surface area (Å²) in [7, 11) is -3.54. The molecule has 1 aromatic heterocycles. The van der Waals surface area contributed by atoms with E-state index < -0.39 is 10.0 Å². The first-order valence-corrected chi connectivity index (χ1v) is 8.22. The highest BCUT2D eigenvalue weighted by molar-refractivity contribution is 7.89. The van der Waals surface area contributed by atoms with E-state index in [0.29, 0.717) is 12.1 Å². The Morgan fingerprint density at radius 3 is 2.90 bits per heavy atom. The number of pyridine rings is 1. The lowest BCUT2D eigenvalue weighted by Crippen LogP contribution is -2.45. The Balaban J connectivity index is 1.96. The lowest BCUT2D eigenvalue weighted by Gasteiger charge is -2.23. The molecule has 0 amide bonds. The van der Waals surface area contributed by atoms with Crippen molar-refractivity contribution < 1.29 is 8.42 Å². The number of nitrogens with one attached hydrogen (secondary N) is 2. The third kappa shape index (κ3) is 2.67. The lowest BCUT2D eigenvalue weighted by atomic mass is 10.1. The number of rotatable bonds is 3. The summed E-state index contributed by atoms with van der Waals surface area (Å²) >= 11 is 0. The average molecular weight is 291 g/mol. The number of nitrogens with zero attached hydrogens (tertiary/aromatic N) is 1. The van der Waals surface area contributed by atoms with Crippen LogP contribution in [0, 0.1) is 0 Å². The van der Waals surface area contributed by atoms with Crippen molar-refractivity contribution in [3.63, 3.8) is 0 Å². The first kappa shape index (κ1) is 13.5.